The molecule has 0 saturated heterocycles. The normalized spacial score (nSPS) is 8.82. The van der Waals surface area contributed by atoms with Gasteiger partial charge < -0.3 is 34.7 Å². The van der Waals surface area contributed by atoms with Crippen LogP contribution < -0.4 is 33.2 Å². The number of nitrogens with zero attached hydrogens (tertiary/aromatic N) is 4. The van der Waals surface area contributed by atoms with Gasteiger partial charge in [0, 0.05) is 92.8 Å². The molecule has 2 heterocycles. The van der Waals surface area contributed by atoms with Crippen LogP contribution in [0, 0.1) is 49.4 Å². The first-order chi connectivity index (χ1) is 35.0. The van der Waals surface area contributed by atoms with Crippen molar-refractivity contribution in [2.24, 2.45) is 11.6 Å². The molecule has 0 aliphatic heterocycles. The van der Waals surface area contributed by atoms with Crippen LogP contribution in [0.25, 0.3) is 0 Å². The van der Waals surface area contributed by atoms with E-state index in [4.69, 9.17) is 58.3 Å². The van der Waals surface area contributed by atoms with Gasteiger partial charge in [-0.05, 0) is 82.6 Å². The van der Waals surface area contributed by atoms with E-state index in [1.807, 2.05) is 16.3 Å². The van der Waals surface area contributed by atoms with Crippen LogP contribution in [0.3, 0.4) is 0 Å². The second-order valence-electron chi connectivity index (χ2n) is 11.2. The molecule has 23 nitrogen and oxygen atoms in total. The number of aryl methyl sites for hydroxylation is 2. The van der Waals surface area contributed by atoms with Gasteiger partial charge in [0.2, 0.25) is 21.8 Å². The van der Waals surface area contributed by atoms with Crippen molar-refractivity contribution in [2.45, 2.75) is 72.1 Å². The Balaban J connectivity index is -0.000000255. The molecule has 404 valence electrons. The summed E-state index contributed by atoms with van der Waals surface area (Å²) >= 11 is 16.4. The Morgan fingerprint density at radius 1 is 0.726 bits per heavy atom. The van der Waals surface area contributed by atoms with Crippen LogP contribution in [0.1, 0.15) is 88.9 Å². The fraction of sp³-hybridized carbons (Fsp3) is 0.500. The molecule has 0 saturated carbocycles. The number of nitrogens with one attached hydrogen (secondary N) is 4. The lowest BCUT2D eigenvalue weighted by Crippen LogP contribution is -2.45. The van der Waals surface area contributed by atoms with E-state index in [1.54, 1.807) is 53.4 Å². The molecule has 0 bridgehead atoms. The Kier molecular flexibility index (Phi) is 63.0. The number of rotatable bonds is 20. The Morgan fingerprint density at radius 2 is 1.22 bits per heavy atom. The number of ether oxygens (including phenoxy) is 5. The lowest BCUT2D eigenvalue weighted by Gasteiger charge is -2.05. The van der Waals surface area contributed by atoms with Crippen molar-refractivity contribution in [3.63, 3.8) is 0 Å². The van der Waals surface area contributed by atoms with Crippen molar-refractivity contribution in [1.82, 2.24) is 42.0 Å². The predicted molar refractivity (Wildman–Crippen MR) is 295 cm³/mol. The lowest BCUT2D eigenvalue weighted by molar-refractivity contribution is -0.155. The number of carbonyl (C=O) groups is 8. The van der Waals surface area contributed by atoms with Crippen molar-refractivity contribution in [1.29, 1.82) is 0 Å². The van der Waals surface area contributed by atoms with Gasteiger partial charge in [-0.3, -0.25) is 40.3 Å². The number of methoxy groups -OCH3 is 2. The summed E-state index contributed by atoms with van der Waals surface area (Å²) < 4.78 is 22.7. The third-order valence-electron chi connectivity index (χ3n) is 5.95. The van der Waals surface area contributed by atoms with Crippen LogP contribution in [0.5, 0.6) is 0 Å². The summed E-state index contributed by atoms with van der Waals surface area (Å²) in [5.41, 5.74) is 10.9. The number of amides is 4. The van der Waals surface area contributed by atoms with E-state index < -0.39 is 35.0 Å². The van der Waals surface area contributed by atoms with Gasteiger partial charge in [0.05, 0.1) is 33.0 Å². The SMILES string of the molecule is C#CCCC(=O)NN.C#CCCC(=O)NNC(=O)C(=O)OCC.C#CCCc1nnc(C(=O)NCCOC)s1.C#CCCc1nnc(C(=O)OCC)s1.CCOC(=O)C(=O)Cl.COCCN.S=PP=S=S=S=S. The highest BCUT2D eigenvalue weighted by Gasteiger charge is 2.15. The summed E-state index contributed by atoms with van der Waals surface area (Å²) in [4.78, 5) is 85.3. The van der Waals surface area contributed by atoms with Crippen molar-refractivity contribution < 1.29 is 62.0 Å². The molecule has 0 aliphatic carbocycles. The minimum Gasteiger partial charge on any atom is -0.461 e. The van der Waals surface area contributed by atoms with Crippen molar-refractivity contribution in [3.8, 4) is 49.4 Å². The summed E-state index contributed by atoms with van der Waals surface area (Å²) in [6, 6.07) is 0. The summed E-state index contributed by atoms with van der Waals surface area (Å²) in [6.07, 6.45) is 23.7. The second-order valence-corrected chi connectivity index (χ2v) is 23.4. The van der Waals surface area contributed by atoms with E-state index in [9.17, 15) is 38.4 Å². The molecule has 0 atom stereocenters. The summed E-state index contributed by atoms with van der Waals surface area (Å²) in [6.45, 7) is 7.76. The van der Waals surface area contributed by atoms with E-state index in [0.29, 0.717) is 81.5 Å². The van der Waals surface area contributed by atoms with Gasteiger partial charge in [0.25, 0.3) is 5.91 Å². The number of hydrazine groups is 2. The van der Waals surface area contributed by atoms with Crippen molar-refractivity contribution in [2.75, 3.05) is 60.3 Å². The zero-order valence-electron chi connectivity index (χ0n) is 40.3. The lowest BCUT2D eigenvalue weighted by atomic mass is 10.3. The topological polar surface area (TPSA) is 334 Å². The van der Waals surface area contributed by atoms with Gasteiger partial charge in [-0.1, -0.05) is 22.7 Å². The van der Waals surface area contributed by atoms with E-state index in [-0.39, 0.29) is 37.9 Å². The van der Waals surface area contributed by atoms with Crippen LogP contribution in [-0.2, 0) is 116 Å². The highest BCUT2D eigenvalue weighted by atomic mass is 35.5. The highest BCUT2D eigenvalue weighted by Crippen LogP contribution is 2.13. The second kappa shape index (κ2) is 59.7. The standard InChI is InChI=1S/C10H13N3O2S.C9H12N2O4.C9H10N2O2S.C5H8N2O.C4H5ClO3.C3H9NO.P2S5/c1-3-4-5-8-12-13-10(16-8)9(14)11-6-7-15-2;1-3-5-6-7(12)10-11-8(13)9(14)15-4-2;1-3-5-6-7-10-11-8(14-7)9(12)13-4-2;1-2-3-4-5(8)7-6;1-2-8-4(7)3(5)6;1-5-3-2-4;3-1-2-5-7-6-4/h1H,4-7H2,2H3,(H,11,14);1H,4-6H2,2H3,(H,10,12)(H,11,13);1H,4-6H2,2H3;1H,3-4,6H2,(H,7,8);2H2,1H3;2-4H2,1H3;. The van der Waals surface area contributed by atoms with Gasteiger partial charge in [0.15, 0.2) is 0 Å². The van der Waals surface area contributed by atoms with Crippen LogP contribution in [0.2, 0.25) is 0 Å². The molecular formula is C40H57ClN10O13P2S7. The molecule has 33 heteroatoms. The first-order valence-electron chi connectivity index (χ1n) is 20.3. The maximum Gasteiger partial charge on any atom is 0.398 e. The van der Waals surface area contributed by atoms with Crippen molar-refractivity contribution >= 4 is 145 Å². The first kappa shape index (κ1) is 77.1. The largest absolute Gasteiger partial charge is 0.461 e. The Labute approximate surface area is 459 Å². The molecule has 0 aliphatic rings. The Hall–Kier alpha value is -4.85. The number of aromatic nitrogens is 4. The van der Waals surface area contributed by atoms with E-state index >= 15 is 0 Å². The molecule has 0 fully saturated rings. The number of halogens is 1. The molecule has 2 aromatic heterocycles. The monoisotopic (exact) mass is 1210 g/mol. The maximum atomic E-state index is 11.5. The fourth-order valence-electron chi connectivity index (χ4n) is 3.00. The molecule has 0 spiro atoms. The van der Waals surface area contributed by atoms with E-state index in [0.717, 1.165) is 17.1 Å². The minimum atomic E-state index is -1.08. The molecule has 0 radical (unpaired) electrons. The summed E-state index contributed by atoms with van der Waals surface area (Å²) in [5, 5.41) is 19.0. The average Bonchev–Trinajstić information content (AvgIpc) is 4.08. The van der Waals surface area contributed by atoms with E-state index in [2.05, 4.69) is 86.6 Å². The molecule has 0 unspecified atom stereocenters. The highest BCUT2D eigenvalue weighted by molar-refractivity contribution is 8.63. The molecule has 2 aromatic rings. The number of terminal acetylenes is 4. The molecular weight excluding hydrogens is 1150 g/mol. The summed E-state index contributed by atoms with van der Waals surface area (Å²) in [5.74, 6) is 9.96. The van der Waals surface area contributed by atoms with Gasteiger partial charge >= 0.3 is 29.1 Å². The molecule has 73 heavy (non-hydrogen) atoms. The van der Waals surface area contributed by atoms with Gasteiger partial charge in [-0.2, -0.15) is 0 Å². The number of carbonyl (C=O) groups excluding carboxylic acids is 8. The van der Waals surface area contributed by atoms with Crippen LogP contribution in [0.15, 0.2) is 0 Å². The third-order valence-corrected chi connectivity index (χ3v) is 18.0. The first-order valence-corrected chi connectivity index (χ1v) is 30.8. The zero-order chi connectivity index (χ0) is 56.5. The van der Waals surface area contributed by atoms with E-state index in [1.165, 1.54) is 38.6 Å². The average molecular weight is 1210 g/mol. The van der Waals surface area contributed by atoms with Gasteiger partial charge in [0.1, 0.15) is 10.0 Å². The van der Waals surface area contributed by atoms with Crippen LogP contribution in [0.4, 0.5) is 0 Å². The quantitative estimate of drug-likeness (QED) is 0.0105. The van der Waals surface area contributed by atoms with Crippen LogP contribution >= 0.6 is 48.4 Å². The maximum absolute atomic E-state index is 11.5. The Morgan fingerprint density at radius 3 is 1.63 bits per heavy atom. The molecule has 4 amide bonds. The van der Waals surface area contributed by atoms with Gasteiger partial charge in [-0.25, -0.2) is 20.2 Å². The summed E-state index contributed by atoms with van der Waals surface area (Å²) in [7, 11) is 10.0. The molecule has 8 N–H and O–H groups in total. The van der Waals surface area contributed by atoms with Crippen LogP contribution in [-0.4, -0.2) is 128 Å². The Bertz CT molecular complexity index is 2270. The van der Waals surface area contributed by atoms with Crippen molar-refractivity contribution in [3.05, 3.63) is 20.0 Å². The smallest absolute Gasteiger partial charge is 0.398 e. The van der Waals surface area contributed by atoms with Gasteiger partial charge in [-0.15, -0.1) is 69.8 Å². The fourth-order valence-corrected chi connectivity index (χ4v) is 14.1. The minimum absolute atomic E-state index is 0.0829. The number of hydrogen-bond acceptors (Lipinski definition) is 23. The predicted octanol–water partition coefficient (Wildman–Crippen LogP) is 1.88. The number of esters is 3. The zero-order valence-corrected chi connectivity index (χ0v) is 48.6. The molecule has 0 aromatic carbocycles. The molecule has 2 rings (SSSR count). The third kappa shape index (κ3) is 54.8. The number of hydrogen-bond donors (Lipinski definition) is 6. The number of nitrogens with two attached hydrogens (primary N) is 2.